The van der Waals surface area contributed by atoms with E-state index < -0.39 is 15.9 Å². The third-order valence-electron chi connectivity index (χ3n) is 3.87. The summed E-state index contributed by atoms with van der Waals surface area (Å²) in [4.78, 5) is 12.6. The third kappa shape index (κ3) is 4.09. The number of sulfonamides is 1. The highest BCUT2D eigenvalue weighted by Crippen LogP contribution is 2.27. The highest BCUT2D eigenvalue weighted by atomic mass is 32.2. The predicted molar refractivity (Wildman–Crippen MR) is 94.8 cm³/mol. The lowest BCUT2D eigenvalue weighted by Gasteiger charge is -2.14. The third-order valence-corrected chi connectivity index (χ3v) is 4.76. The van der Waals surface area contributed by atoms with Gasteiger partial charge in [0.2, 0.25) is 10.0 Å². The monoisotopic (exact) mass is 364 g/mol. The first-order chi connectivity index (χ1) is 11.7. The molecule has 0 aliphatic heterocycles. The number of aryl methyl sites for hydroxylation is 1. The number of nitrogens with one attached hydrogen (secondary N) is 1. The Morgan fingerprint density at radius 3 is 2.32 bits per heavy atom. The average molecular weight is 364 g/mol. The van der Waals surface area contributed by atoms with Crippen LogP contribution in [0, 0.1) is 13.8 Å². The predicted octanol–water partition coefficient (Wildman–Crippen LogP) is 2.22. The fourth-order valence-electron chi connectivity index (χ4n) is 2.30. The van der Waals surface area contributed by atoms with Crippen molar-refractivity contribution in [3.63, 3.8) is 0 Å². The van der Waals surface area contributed by atoms with E-state index >= 15 is 0 Å². The zero-order valence-corrected chi connectivity index (χ0v) is 15.2. The molecule has 8 heteroatoms. The van der Waals surface area contributed by atoms with Crippen molar-refractivity contribution in [2.45, 2.75) is 18.7 Å². The summed E-state index contributed by atoms with van der Waals surface area (Å²) in [6, 6.07) is 7.63. The van der Waals surface area contributed by atoms with Crippen LogP contribution in [0.2, 0.25) is 0 Å². The minimum absolute atomic E-state index is 0.0662. The van der Waals surface area contributed by atoms with E-state index in [9.17, 15) is 13.2 Å². The number of benzene rings is 2. The minimum Gasteiger partial charge on any atom is -0.497 e. The maximum absolute atomic E-state index is 12.7. The van der Waals surface area contributed by atoms with Gasteiger partial charge in [-0.25, -0.2) is 13.6 Å². The maximum Gasteiger partial charge on any atom is 0.259 e. The molecule has 2 aromatic carbocycles. The van der Waals surface area contributed by atoms with Crippen LogP contribution in [0.4, 0.5) is 5.69 Å². The Kier molecular flexibility index (Phi) is 5.34. The van der Waals surface area contributed by atoms with Gasteiger partial charge in [-0.1, -0.05) is 0 Å². The number of methoxy groups -OCH3 is 2. The number of nitrogens with two attached hydrogens (primary N) is 1. The molecule has 134 valence electrons. The smallest absolute Gasteiger partial charge is 0.259 e. The van der Waals surface area contributed by atoms with Crippen LogP contribution in [0.3, 0.4) is 0 Å². The number of ether oxygens (including phenoxy) is 2. The lowest BCUT2D eigenvalue weighted by molar-refractivity contribution is 0.102. The molecule has 0 atom stereocenters. The van der Waals surface area contributed by atoms with Crippen molar-refractivity contribution in [3.8, 4) is 11.5 Å². The van der Waals surface area contributed by atoms with Crippen LogP contribution in [0.15, 0.2) is 35.2 Å². The van der Waals surface area contributed by atoms with Crippen molar-refractivity contribution in [2.24, 2.45) is 5.14 Å². The Labute approximate surface area is 146 Å². The number of amides is 1. The molecule has 0 aliphatic rings. The van der Waals surface area contributed by atoms with Gasteiger partial charge in [-0.2, -0.15) is 0 Å². The van der Waals surface area contributed by atoms with Gasteiger partial charge in [-0.15, -0.1) is 0 Å². The first-order valence-corrected chi connectivity index (χ1v) is 8.89. The Morgan fingerprint density at radius 2 is 1.76 bits per heavy atom. The fourth-order valence-corrected chi connectivity index (χ4v) is 2.92. The van der Waals surface area contributed by atoms with Crippen molar-refractivity contribution in [1.29, 1.82) is 0 Å². The molecule has 0 saturated heterocycles. The number of carbonyl (C=O) groups excluding carboxylic acids is 1. The van der Waals surface area contributed by atoms with Gasteiger partial charge < -0.3 is 14.8 Å². The van der Waals surface area contributed by atoms with Crippen molar-refractivity contribution < 1.29 is 22.7 Å². The summed E-state index contributed by atoms with van der Waals surface area (Å²) >= 11 is 0. The second-order valence-corrected chi connectivity index (χ2v) is 7.04. The van der Waals surface area contributed by atoms with E-state index in [1.165, 1.54) is 26.4 Å². The van der Waals surface area contributed by atoms with E-state index in [1.54, 1.807) is 32.0 Å². The molecule has 0 radical (unpaired) electrons. The Balaban J connectivity index is 2.46. The fraction of sp³-hybridized carbons (Fsp3) is 0.235. The van der Waals surface area contributed by atoms with E-state index in [4.69, 9.17) is 14.6 Å². The van der Waals surface area contributed by atoms with Crippen LogP contribution in [-0.2, 0) is 10.0 Å². The summed E-state index contributed by atoms with van der Waals surface area (Å²) in [5, 5.41) is 7.90. The highest BCUT2D eigenvalue weighted by Gasteiger charge is 2.18. The Morgan fingerprint density at radius 1 is 1.08 bits per heavy atom. The number of hydrogen-bond acceptors (Lipinski definition) is 5. The second-order valence-electron chi connectivity index (χ2n) is 5.48. The average Bonchev–Trinajstić information content (AvgIpc) is 2.57. The molecular formula is C17H20N2O5S. The molecule has 0 unspecified atom stereocenters. The van der Waals surface area contributed by atoms with E-state index in [0.29, 0.717) is 22.7 Å². The van der Waals surface area contributed by atoms with Crippen molar-refractivity contribution in [1.82, 2.24) is 0 Å². The summed E-state index contributed by atoms with van der Waals surface area (Å²) in [6.45, 7) is 3.52. The van der Waals surface area contributed by atoms with Gasteiger partial charge in [0.1, 0.15) is 11.5 Å². The van der Waals surface area contributed by atoms with Gasteiger partial charge in [-0.05, 0) is 55.3 Å². The van der Waals surface area contributed by atoms with Gasteiger partial charge in [0.25, 0.3) is 5.91 Å². The molecule has 0 spiro atoms. The standard InChI is InChI=1S/C17H20N2O5S/c1-10-7-13(25(18,21)22)9-15(11(10)2)19-17(20)14-8-12(23-3)5-6-16(14)24-4/h5-9H,1-4H3,(H,19,20)(H2,18,21,22). The van der Waals surface area contributed by atoms with Crippen molar-refractivity contribution >= 4 is 21.6 Å². The number of carbonyl (C=O) groups is 1. The van der Waals surface area contributed by atoms with E-state index in [-0.39, 0.29) is 10.5 Å². The molecule has 0 heterocycles. The van der Waals surface area contributed by atoms with Gasteiger partial charge >= 0.3 is 0 Å². The second kappa shape index (κ2) is 7.12. The minimum atomic E-state index is -3.88. The molecule has 0 aromatic heterocycles. The molecule has 2 rings (SSSR count). The van der Waals surface area contributed by atoms with Gasteiger partial charge in [0.15, 0.2) is 0 Å². The van der Waals surface area contributed by atoms with E-state index in [0.717, 1.165) is 5.56 Å². The SMILES string of the molecule is COc1ccc(OC)c(C(=O)Nc2cc(S(N)(=O)=O)cc(C)c2C)c1. The van der Waals surface area contributed by atoms with Crippen LogP contribution in [0.5, 0.6) is 11.5 Å². The normalized spacial score (nSPS) is 11.1. The molecule has 7 nitrogen and oxygen atoms in total. The van der Waals surface area contributed by atoms with E-state index in [1.807, 2.05) is 0 Å². The maximum atomic E-state index is 12.7. The van der Waals surface area contributed by atoms with Crippen LogP contribution in [-0.4, -0.2) is 28.5 Å². The quantitative estimate of drug-likeness (QED) is 0.846. The molecule has 0 fully saturated rings. The Bertz CT molecular complexity index is 923. The van der Waals surface area contributed by atoms with Crippen LogP contribution in [0.1, 0.15) is 21.5 Å². The van der Waals surface area contributed by atoms with E-state index in [2.05, 4.69) is 5.32 Å². The molecular weight excluding hydrogens is 344 g/mol. The summed E-state index contributed by atoms with van der Waals surface area (Å²) < 4.78 is 33.6. The van der Waals surface area contributed by atoms with Gasteiger partial charge in [-0.3, -0.25) is 4.79 Å². The zero-order chi connectivity index (χ0) is 18.8. The number of hydrogen-bond donors (Lipinski definition) is 2. The molecule has 0 bridgehead atoms. The topological polar surface area (TPSA) is 108 Å². The zero-order valence-electron chi connectivity index (χ0n) is 14.4. The number of rotatable bonds is 5. The Hall–Kier alpha value is -2.58. The molecule has 0 saturated carbocycles. The highest BCUT2D eigenvalue weighted by molar-refractivity contribution is 7.89. The summed E-state index contributed by atoms with van der Waals surface area (Å²) in [6.07, 6.45) is 0. The lowest BCUT2D eigenvalue weighted by Crippen LogP contribution is -2.17. The summed E-state index contributed by atoms with van der Waals surface area (Å²) in [7, 11) is -0.938. The number of anilines is 1. The van der Waals surface area contributed by atoms with Crippen molar-refractivity contribution in [3.05, 3.63) is 47.0 Å². The molecule has 2 aromatic rings. The molecule has 25 heavy (non-hydrogen) atoms. The first-order valence-electron chi connectivity index (χ1n) is 7.34. The lowest BCUT2D eigenvalue weighted by atomic mass is 10.1. The van der Waals surface area contributed by atoms with Crippen LogP contribution < -0.4 is 19.9 Å². The first kappa shape index (κ1) is 18.8. The number of primary sulfonamides is 1. The largest absolute Gasteiger partial charge is 0.497 e. The van der Waals surface area contributed by atoms with Crippen LogP contribution in [0.25, 0.3) is 0 Å². The van der Waals surface area contributed by atoms with Gasteiger partial charge in [0, 0.05) is 5.69 Å². The van der Waals surface area contributed by atoms with Crippen LogP contribution >= 0.6 is 0 Å². The van der Waals surface area contributed by atoms with Crippen molar-refractivity contribution in [2.75, 3.05) is 19.5 Å². The summed E-state index contributed by atoms with van der Waals surface area (Å²) in [5.74, 6) is 0.414. The summed E-state index contributed by atoms with van der Waals surface area (Å²) in [5.41, 5.74) is 2.06. The van der Waals surface area contributed by atoms with Gasteiger partial charge in [0.05, 0.1) is 24.7 Å². The molecule has 3 N–H and O–H groups in total. The molecule has 1 amide bonds. The molecule has 0 aliphatic carbocycles.